The first kappa shape index (κ1) is 15.9. The molecule has 2 unspecified atom stereocenters. The number of hydrogen-bond acceptors (Lipinski definition) is 5. The lowest BCUT2D eigenvalue weighted by molar-refractivity contribution is 0.0630. The second-order valence-electron chi connectivity index (χ2n) is 5.11. The van der Waals surface area contributed by atoms with E-state index in [2.05, 4.69) is 15.6 Å². The highest BCUT2D eigenvalue weighted by Crippen LogP contribution is 2.24. The van der Waals surface area contributed by atoms with E-state index in [9.17, 15) is 9.90 Å². The maximum absolute atomic E-state index is 11.9. The standard InChI is InChI=1S/C14H19N3O2S2/c1-9-7-15-12(21-9)10(2)17-13(18)16-8-14(3,19)11-5-4-6-20-11/h4-7,10,19H,8H2,1-3H3,(H2,16,17,18). The number of carbonyl (C=O) groups is 1. The Morgan fingerprint density at radius 1 is 1.57 bits per heavy atom. The van der Waals surface area contributed by atoms with E-state index >= 15 is 0 Å². The predicted octanol–water partition coefficient (Wildman–Crippen LogP) is 2.78. The van der Waals surface area contributed by atoms with E-state index in [-0.39, 0.29) is 18.6 Å². The van der Waals surface area contributed by atoms with Crippen molar-refractivity contribution >= 4 is 28.7 Å². The summed E-state index contributed by atoms with van der Waals surface area (Å²) < 4.78 is 0. The number of urea groups is 1. The first-order chi connectivity index (χ1) is 9.88. The Hall–Kier alpha value is -1.44. The molecule has 0 aliphatic heterocycles. The van der Waals surface area contributed by atoms with Gasteiger partial charge in [-0.05, 0) is 32.2 Å². The Bertz CT molecular complexity index is 593. The molecular formula is C14H19N3O2S2. The van der Waals surface area contributed by atoms with E-state index in [4.69, 9.17) is 0 Å². The maximum Gasteiger partial charge on any atom is 0.315 e. The monoisotopic (exact) mass is 325 g/mol. The summed E-state index contributed by atoms with van der Waals surface area (Å²) in [6.07, 6.45) is 1.79. The molecule has 0 fully saturated rings. The van der Waals surface area contributed by atoms with Crippen molar-refractivity contribution < 1.29 is 9.90 Å². The molecule has 5 nitrogen and oxygen atoms in total. The van der Waals surface area contributed by atoms with Gasteiger partial charge in [0.2, 0.25) is 0 Å². The first-order valence-corrected chi connectivity index (χ1v) is 8.31. The quantitative estimate of drug-likeness (QED) is 0.791. The third-order valence-electron chi connectivity index (χ3n) is 3.00. The Morgan fingerprint density at radius 3 is 2.90 bits per heavy atom. The van der Waals surface area contributed by atoms with Crippen LogP contribution >= 0.6 is 22.7 Å². The highest BCUT2D eigenvalue weighted by Gasteiger charge is 2.25. The molecule has 114 valence electrons. The third-order valence-corrected chi connectivity index (χ3v) is 5.22. The molecule has 0 aliphatic rings. The number of nitrogens with zero attached hydrogens (tertiary/aromatic N) is 1. The average molecular weight is 325 g/mol. The zero-order chi connectivity index (χ0) is 15.5. The lowest BCUT2D eigenvalue weighted by atomic mass is 10.1. The number of aryl methyl sites for hydroxylation is 1. The summed E-state index contributed by atoms with van der Waals surface area (Å²) in [4.78, 5) is 18.1. The summed E-state index contributed by atoms with van der Waals surface area (Å²) in [5.74, 6) is 0. The summed E-state index contributed by atoms with van der Waals surface area (Å²) in [6.45, 7) is 5.71. The molecule has 2 rings (SSSR count). The zero-order valence-electron chi connectivity index (χ0n) is 12.2. The van der Waals surface area contributed by atoms with Crippen LogP contribution in [0, 0.1) is 6.92 Å². The van der Waals surface area contributed by atoms with Crippen LogP contribution in [0.5, 0.6) is 0 Å². The maximum atomic E-state index is 11.9. The van der Waals surface area contributed by atoms with Crippen LogP contribution in [0.25, 0.3) is 0 Å². The van der Waals surface area contributed by atoms with Crippen LogP contribution < -0.4 is 10.6 Å². The van der Waals surface area contributed by atoms with Gasteiger partial charge in [0.25, 0.3) is 0 Å². The van der Waals surface area contributed by atoms with Gasteiger partial charge in [0, 0.05) is 16.0 Å². The van der Waals surface area contributed by atoms with Gasteiger partial charge in [-0.25, -0.2) is 9.78 Å². The lowest BCUT2D eigenvalue weighted by Crippen LogP contribution is -2.43. The minimum atomic E-state index is -1.06. The van der Waals surface area contributed by atoms with E-state index in [1.165, 1.54) is 11.3 Å². The number of aromatic nitrogens is 1. The topological polar surface area (TPSA) is 74.2 Å². The second kappa shape index (κ2) is 6.55. The lowest BCUT2D eigenvalue weighted by Gasteiger charge is -2.23. The highest BCUT2D eigenvalue weighted by molar-refractivity contribution is 7.11. The molecule has 2 atom stereocenters. The van der Waals surface area contributed by atoms with Gasteiger partial charge in [-0.15, -0.1) is 22.7 Å². The van der Waals surface area contributed by atoms with Crippen molar-refractivity contribution in [1.29, 1.82) is 0 Å². The van der Waals surface area contributed by atoms with Crippen LogP contribution in [-0.2, 0) is 5.60 Å². The molecule has 2 aromatic rings. The predicted molar refractivity (Wildman–Crippen MR) is 85.7 cm³/mol. The molecule has 0 radical (unpaired) electrons. The number of nitrogens with one attached hydrogen (secondary N) is 2. The van der Waals surface area contributed by atoms with Crippen LogP contribution in [-0.4, -0.2) is 22.7 Å². The fourth-order valence-corrected chi connectivity index (χ4v) is 3.37. The van der Waals surface area contributed by atoms with Gasteiger partial charge in [-0.1, -0.05) is 6.07 Å². The molecule has 7 heteroatoms. The van der Waals surface area contributed by atoms with E-state index in [1.807, 2.05) is 31.4 Å². The van der Waals surface area contributed by atoms with Crippen molar-refractivity contribution in [3.8, 4) is 0 Å². The fraction of sp³-hybridized carbons (Fsp3) is 0.429. The van der Waals surface area contributed by atoms with Gasteiger partial charge in [0.1, 0.15) is 10.6 Å². The Balaban J connectivity index is 1.85. The zero-order valence-corrected chi connectivity index (χ0v) is 13.8. The SMILES string of the molecule is Cc1cnc(C(C)NC(=O)NCC(C)(O)c2cccs2)s1. The molecule has 0 bridgehead atoms. The van der Waals surface area contributed by atoms with Crippen molar-refractivity contribution in [2.24, 2.45) is 0 Å². The van der Waals surface area contributed by atoms with Crippen LogP contribution in [0.3, 0.4) is 0 Å². The normalized spacial score (nSPS) is 15.2. The van der Waals surface area contributed by atoms with Crippen molar-refractivity contribution in [3.05, 3.63) is 38.5 Å². The molecule has 2 amide bonds. The smallest absolute Gasteiger partial charge is 0.315 e. The van der Waals surface area contributed by atoms with Crippen LogP contribution in [0.2, 0.25) is 0 Å². The number of carbonyl (C=O) groups excluding carboxylic acids is 1. The van der Waals surface area contributed by atoms with Crippen LogP contribution in [0.4, 0.5) is 4.79 Å². The summed E-state index contributed by atoms with van der Waals surface area (Å²) >= 11 is 3.02. The molecule has 0 spiro atoms. The van der Waals surface area contributed by atoms with Gasteiger partial charge in [-0.2, -0.15) is 0 Å². The van der Waals surface area contributed by atoms with Crippen molar-refractivity contribution in [3.63, 3.8) is 0 Å². The summed E-state index contributed by atoms with van der Waals surface area (Å²) in [5.41, 5.74) is -1.06. The largest absolute Gasteiger partial charge is 0.383 e. The van der Waals surface area contributed by atoms with E-state index in [0.29, 0.717) is 0 Å². The first-order valence-electron chi connectivity index (χ1n) is 6.61. The van der Waals surface area contributed by atoms with Gasteiger partial charge < -0.3 is 15.7 Å². The third kappa shape index (κ3) is 4.26. The summed E-state index contributed by atoms with van der Waals surface area (Å²) in [6, 6.07) is 3.26. The van der Waals surface area contributed by atoms with Gasteiger partial charge in [0.15, 0.2) is 0 Å². The average Bonchev–Trinajstić information content (AvgIpc) is 3.07. The minimum absolute atomic E-state index is 0.156. The van der Waals surface area contributed by atoms with E-state index < -0.39 is 5.60 Å². The van der Waals surface area contributed by atoms with Crippen molar-refractivity contribution in [2.75, 3.05) is 6.54 Å². The molecule has 0 aliphatic carbocycles. The van der Waals surface area contributed by atoms with Crippen molar-refractivity contribution in [2.45, 2.75) is 32.4 Å². The molecule has 0 saturated carbocycles. The van der Waals surface area contributed by atoms with Crippen molar-refractivity contribution in [1.82, 2.24) is 15.6 Å². The number of rotatable bonds is 5. The highest BCUT2D eigenvalue weighted by atomic mass is 32.1. The number of hydrogen-bond donors (Lipinski definition) is 3. The number of aliphatic hydroxyl groups is 1. The minimum Gasteiger partial charge on any atom is -0.383 e. The Labute approximate surface area is 132 Å². The molecule has 3 N–H and O–H groups in total. The summed E-state index contributed by atoms with van der Waals surface area (Å²) in [7, 11) is 0. The van der Waals surface area contributed by atoms with Gasteiger partial charge in [0.05, 0.1) is 12.6 Å². The Morgan fingerprint density at radius 2 is 2.33 bits per heavy atom. The van der Waals surface area contributed by atoms with Gasteiger partial charge >= 0.3 is 6.03 Å². The summed E-state index contributed by atoms with van der Waals surface area (Å²) in [5, 5.41) is 18.6. The Kier molecular flexibility index (Phi) is 4.97. The van der Waals surface area contributed by atoms with E-state index in [1.54, 1.807) is 24.5 Å². The van der Waals surface area contributed by atoms with Gasteiger partial charge in [-0.3, -0.25) is 0 Å². The molecule has 0 aromatic carbocycles. The number of thiazole rings is 1. The molecule has 2 aromatic heterocycles. The molecule has 2 heterocycles. The van der Waals surface area contributed by atoms with E-state index in [0.717, 1.165) is 14.8 Å². The fourth-order valence-electron chi connectivity index (χ4n) is 1.81. The molecular weight excluding hydrogens is 306 g/mol. The van der Waals surface area contributed by atoms with Crippen LogP contribution in [0.1, 0.15) is 34.7 Å². The second-order valence-corrected chi connectivity index (χ2v) is 7.32. The number of amides is 2. The molecule has 0 saturated heterocycles. The number of thiophene rings is 1. The molecule has 21 heavy (non-hydrogen) atoms. The van der Waals surface area contributed by atoms with Crippen LogP contribution in [0.15, 0.2) is 23.7 Å².